The summed E-state index contributed by atoms with van der Waals surface area (Å²) in [6, 6.07) is 2.80. The summed E-state index contributed by atoms with van der Waals surface area (Å²) in [6.07, 6.45) is -4.64. The number of carbonyl (C=O) groups excluding carboxylic acids is 2. The molecular formula is C11H12F3N3O2. The van der Waals surface area contributed by atoms with Crippen molar-refractivity contribution in [1.82, 2.24) is 10.6 Å². The van der Waals surface area contributed by atoms with Crippen LogP contribution in [-0.2, 0) is 11.0 Å². The molecule has 0 saturated carbocycles. The summed E-state index contributed by atoms with van der Waals surface area (Å²) in [6.45, 7) is -0.318. The summed E-state index contributed by atoms with van der Waals surface area (Å²) < 4.78 is 37.8. The highest BCUT2D eigenvalue weighted by molar-refractivity contribution is 5.97. The van der Waals surface area contributed by atoms with E-state index in [-0.39, 0.29) is 12.1 Å². The number of likely N-dealkylation sites (N-methyl/N-ethyl adjacent to an activating group) is 1. The molecule has 0 radical (unpaired) electrons. The summed E-state index contributed by atoms with van der Waals surface area (Å²) in [7, 11) is 1.37. The lowest BCUT2D eigenvalue weighted by atomic mass is 10.1. The molecule has 104 valence electrons. The summed E-state index contributed by atoms with van der Waals surface area (Å²) in [5.74, 6) is -1.24. The number of carbonyl (C=O) groups is 2. The minimum absolute atomic E-state index is 0.217. The molecule has 0 aliphatic rings. The average Bonchev–Trinajstić information content (AvgIpc) is 2.34. The molecule has 8 heteroatoms. The van der Waals surface area contributed by atoms with Gasteiger partial charge in [-0.2, -0.15) is 13.2 Å². The number of halogens is 3. The van der Waals surface area contributed by atoms with Gasteiger partial charge in [-0.3, -0.25) is 9.59 Å². The van der Waals surface area contributed by atoms with Crippen LogP contribution in [0.1, 0.15) is 15.9 Å². The van der Waals surface area contributed by atoms with Crippen LogP contribution in [0, 0.1) is 0 Å². The maximum absolute atomic E-state index is 12.6. The summed E-state index contributed by atoms with van der Waals surface area (Å²) in [4.78, 5) is 22.5. The van der Waals surface area contributed by atoms with Crippen molar-refractivity contribution in [2.24, 2.45) is 0 Å². The number of hydrogen-bond acceptors (Lipinski definition) is 3. The summed E-state index contributed by atoms with van der Waals surface area (Å²) in [5.41, 5.74) is 3.44. The van der Waals surface area contributed by atoms with E-state index in [1.165, 1.54) is 7.05 Å². The van der Waals surface area contributed by atoms with Gasteiger partial charge in [-0.25, -0.2) is 0 Å². The number of amides is 2. The van der Waals surface area contributed by atoms with Crippen molar-refractivity contribution in [3.8, 4) is 0 Å². The molecule has 2 amide bonds. The molecule has 19 heavy (non-hydrogen) atoms. The number of nitrogens with two attached hydrogens (primary N) is 1. The van der Waals surface area contributed by atoms with Crippen LogP contribution in [0.25, 0.3) is 0 Å². The summed E-state index contributed by atoms with van der Waals surface area (Å²) in [5, 5.41) is 4.45. The van der Waals surface area contributed by atoms with E-state index in [0.717, 1.165) is 12.1 Å². The van der Waals surface area contributed by atoms with E-state index in [4.69, 9.17) is 5.73 Å². The molecule has 0 heterocycles. The molecule has 0 bridgehead atoms. The molecule has 0 spiro atoms. The predicted molar refractivity (Wildman–Crippen MR) is 62.3 cm³/mol. The first-order chi connectivity index (χ1) is 8.75. The number of nitrogens with one attached hydrogen (secondary N) is 2. The number of benzene rings is 1. The fourth-order valence-corrected chi connectivity index (χ4v) is 1.29. The van der Waals surface area contributed by atoms with Gasteiger partial charge in [0.25, 0.3) is 5.91 Å². The van der Waals surface area contributed by atoms with Gasteiger partial charge in [0, 0.05) is 18.3 Å². The Morgan fingerprint density at radius 2 is 1.95 bits per heavy atom. The molecular weight excluding hydrogens is 263 g/mol. The highest BCUT2D eigenvalue weighted by Crippen LogP contribution is 2.33. The minimum Gasteiger partial charge on any atom is -0.398 e. The van der Waals surface area contributed by atoms with Crippen molar-refractivity contribution in [3.63, 3.8) is 0 Å². The third-order valence-corrected chi connectivity index (χ3v) is 2.31. The predicted octanol–water partition coefficient (Wildman–Crippen LogP) is 0.763. The third kappa shape index (κ3) is 3.87. The number of rotatable bonds is 3. The van der Waals surface area contributed by atoms with E-state index in [0.29, 0.717) is 6.07 Å². The van der Waals surface area contributed by atoms with E-state index < -0.39 is 29.2 Å². The quantitative estimate of drug-likeness (QED) is 0.712. The molecule has 0 aromatic heterocycles. The first kappa shape index (κ1) is 14.8. The van der Waals surface area contributed by atoms with Gasteiger partial charge in [-0.05, 0) is 18.2 Å². The van der Waals surface area contributed by atoms with Crippen LogP contribution < -0.4 is 16.4 Å². The maximum Gasteiger partial charge on any atom is 0.418 e. The highest BCUT2D eigenvalue weighted by Gasteiger charge is 2.33. The Hall–Kier alpha value is -2.25. The molecule has 1 aromatic carbocycles. The van der Waals surface area contributed by atoms with E-state index in [1.54, 1.807) is 0 Å². The molecule has 0 unspecified atom stereocenters. The monoisotopic (exact) mass is 275 g/mol. The lowest BCUT2D eigenvalue weighted by Gasteiger charge is -2.11. The molecule has 0 atom stereocenters. The molecule has 1 rings (SSSR count). The normalized spacial score (nSPS) is 10.9. The molecule has 4 N–H and O–H groups in total. The van der Waals surface area contributed by atoms with Crippen LogP contribution >= 0.6 is 0 Å². The van der Waals surface area contributed by atoms with Crippen molar-refractivity contribution >= 4 is 17.5 Å². The van der Waals surface area contributed by atoms with Gasteiger partial charge in [0.1, 0.15) is 0 Å². The van der Waals surface area contributed by atoms with Gasteiger partial charge in [-0.1, -0.05) is 0 Å². The van der Waals surface area contributed by atoms with Crippen molar-refractivity contribution in [2.45, 2.75) is 6.18 Å². The smallest absolute Gasteiger partial charge is 0.398 e. The third-order valence-electron chi connectivity index (χ3n) is 2.31. The van der Waals surface area contributed by atoms with Crippen molar-refractivity contribution < 1.29 is 22.8 Å². The van der Waals surface area contributed by atoms with E-state index in [9.17, 15) is 22.8 Å². The van der Waals surface area contributed by atoms with E-state index >= 15 is 0 Å². The highest BCUT2D eigenvalue weighted by atomic mass is 19.4. The second-order valence-corrected chi connectivity index (χ2v) is 3.66. The fourth-order valence-electron chi connectivity index (χ4n) is 1.29. The molecule has 0 saturated heterocycles. The second kappa shape index (κ2) is 5.59. The number of nitrogen functional groups attached to an aromatic ring is 1. The van der Waals surface area contributed by atoms with Gasteiger partial charge >= 0.3 is 6.18 Å². The van der Waals surface area contributed by atoms with Crippen molar-refractivity contribution in [1.29, 1.82) is 0 Å². The second-order valence-electron chi connectivity index (χ2n) is 3.66. The first-order valence-electron chi connectivity index (χ1n) is 5.21. The largest absolute Gasteiger partial charge is 0.418 e. The molecule has 5 nitrogen and oxygen atoms in total. The zero-order valence-electron chi connectivity index (χ0n) is 9.97. The van der Waals surface area contributed by atoms with Crippen molar-refractivity contribution in [2.75, 3.05) is 19.3 Å². The molecule has 0 aliphatic carbocycles. The number of alkyl halides is 3. The maximum atomic E-state index is 12.6. The zero-order valence-corrected chi connectivity index (χ0v) is 9.97. The fraction of sp³-hybridized carbons (Fsp3) is 0.273. The Labute approximate surface area is 107 Å². The van der Waals surface area contributed by atoms with Crippen LogP contribution in [0.4, 0.5) is 18.9 Å². The summed E-state index contributed by atoms with van der Waals surface area (Å²) >= 11 is 0. The zero-order chi connectivity index (χ0) is 14.6. The van der Waals surface area contributed by atoms with Gasteiger partial charge < -0.3 is 16.4 Å². The lowest BCUT2D eigenvalue weighted by Crippen LogP contribution is -2.35. The Balaban J connectivity index is 2.90. The van der Waals surface area contributed by atoms with E-state index in [2.05, 4.69) is 10.6 Å². The minimum atomic E-state index is -4.64. The van der Waals surface area contributed by atoms with Crippen LogP contribution in [0.5, 0.6) is 0 Å². The van der Waals surface area contributed by atoms with Crippen LogP contribution in [0.15, 0.2) is 18.2 Å². The van der Waals surface area contributed by atoms with Gasteiger partial charge in [-0.15, -0.1) is 0 Å². The lowest BCUT2D eigenvalue weighted by molar-refractivity contribution is -0.137. The Kier molecular flexibility index (Phi) is 4.36. The van der Waals surface area contributed by atoms with Gasteiger partial charge in [0.2, 0.25) is 5.91 Å². The Morgan fingerprint density at radius 1 is 1.32 bits per heavy atom. The number of anilines is 1. The molecule has 0 fully saturated rings. The van der Waals surface area contributed by atoms with E-state index in [1.807, 2.05) is 0 Å². The Bertz CT molecular complexity index is 500. The SMILES string of the molecule is CNC(=O)CNC(=O)c1ccc(N)c(C(F)(F)F)c1. The standard InChI is InChI=1S/C11H12F3N3O2/c1-16-9(18)5-17-10(19)6-2-3-8(15)7(4-6)11(12,13)14/h2-4H,5,15H2,1H3,(H,16,18)(H,17,19). The van der Waals surface area contributed by atoms with Gasteiger partial charge in [0.05, 0.1) is 12.1 Å². The molecule has 0 aliphatic heterocycles. The van der Waals surface area contributed by atoms with Crippen LogP contribution in [0.3, 0.4) is 0 Å². The van der Waals surface area contributed by atoms with Crippen LogP contribution in [-0.4, -0.2) is 25.4 Å². The average molecular weight is 275 g/mol. The first-order valence-corrected chi connectivity index (χ1v) is 5.21. The van der Waals surface area contributed by atoms with Crippen molar-refractivity contribution in [3.05, 3.63) is 29.3 Å². The Morgan fingerprint density at radius 3 is 2.47 bits per heavy atom. The number of hydrogen-bond donors (Lipinski definition) is 3. The van der Waals surface area contributed by atoms with Crippen LogP contribution in [0.2, 0.25) is 0 Å². The topological polar surface area (TPSA) is 84.2 Å². The molecule has 1 aromatic rings. The van der Waals surface area contributed by atoms with Gasteiger partial charge in [0.15, 0.2) is 0 Å².